The molecule has 0 radical (unpaired) electrons. The number of allylic oxidation sites excluding steroid dienone is 1. The van der Waals surface area contributed by atoms with Crippen LogP contribution in [0.1, 0.15) is 44.9 Å². The van der Waals surface area contributed by atoms with Crippen molar-refractivity contribution in [1.82, 2.24) is 0 Å². The molecule has 102 valence electrons. The van der Waals surface area contributed by atoms with Gasteiger partial charge in [0, 0.05) is 18.9 Å². The van der Waals surface area contributed by atoms with Gasteiger partial charge in [0.15, 0.2) is 0 Å². The normalized spacial score (nSPS) is 34.5. The smallest absolute Gasteiger partial charge is 0.303 e. The Hall–Kier alpha value is -0.870. The summed E-state index contributed by atoms with van der Waals surface area (Å²) in [6, 6.07) is 0. The van der Waals surface area contributed by atoms with Crippen molar-refractivity contribution in [3.05, 3.63) is 12.2 Å². The SMILES string of the molecule is O=C(O)CCC/C=C\C[C@]12CC[C@H](O1)[C@@H](CO)C2. The number of hydrogen-bond acceptors (Lipinski definition) is 3. The van der Waals surface area contributed by atoms with E-state index < -0.39 is 5.97 Å². The van der Waals surface area contributed by atoms with Gasteiger partial charge in [0.05, 0.1) is 11.7 Å². The predicted molar refractivity (Wildman–Crippen MR) is 67.3 cm³/mol. The first-order valence-electron chi connectivity index (χ1n) is 6.81. The first kappa shape index (κ1) is 13.6. The molecule has 2 fully saturated rings. The minimum absolute atomic E-state index is 0.0403. The third-order valence-electron chi connectivity index (χ3n) is 4.10. The van der Waals surface area contributed by atoms with Gasteiger partial charge in [-0.2, -0.15) is 0 Å². The Balaban J connectivity index is 1.70. The Morgan fingerprint density at radius 1 is 1.44 bits per heavy atom. The molecule has 0 aromatic heterocycles. The summed E-state index contributed by atoms with van der Waals surface area (Å²) in [4.78, 5) is 10.3. The van der Waals surface area contributed by atoms with Gasteiger partial charge < -0.3 is 14.9 Å². The van der Waals surface area contributed by atoms with Gasteiger partial charge >= 0.3 is 5.97 Å². The second-order valence-corrected chi connectivity index (χ2v) is 5.49. The zero-order valence-corrected chi connectivity index (χ0v) is 10.7. The minimum atomic E-state index is -0.731. The van der Waals surface area contributed by atoms with Crippen molar-refractivity contribution in [1.29, 1.82) is 0 Å². The van der Waals surface area contributed by atoms with Crippen LogP contribution in [0.25, 0.3) is 0 Å². The molecule has 2 heterocycles. The number of fused-ring (bicyclic) bond motifs is 2. The van der Waals surface area contributed by atoms with E-state index in [1.807, 2.05) is 0 Å². The second-order valence-electron chi connectivity index (χ2n) is 5.49. The van der Waals surface area contributed by atoms with Gasteiger partial charge in [0.1, 0.15) is 0 Å². The largest absolute Gasteiger partial charge is 0.481 e. The van der Waals surface area contributed by atoms with Gasteiger partial charge in [-0.25, -0.2) is 0 Å². The van der Waals surface area contributed by atoms with Crippen molar-refractivity contribution in [2.45, 2.75) is 56.7 Å². The molecule has 0 aliphatic carbocycles. The summed E-state index contributed by atoms with van der Waals surface area (Å²) in [6.07, 6.45) is 10.2. The lowest BCUT2D eigenvalue weighted by Crippen LogP contribution is -2.26. The molecule has 2 saturated heterocycles. The second kappa shape index (κ2) is 5.85. The fourth-order valence-electron chi connectivity index (χ4n) is 3.14. The summed E-state index contributed by atoms with van der Waals surface area (Å²) in [6.45, 7) is 0.231. The van der Waals surface area contributed by atoms with Crippen molar-refractivity contribution in [2.75, 3.05) is 6.61 Å². The van der Waals surface area contributed by atoms with Gasteiger partial charge in [-0.1, -0.05) is 12.2 Å². The molecule has 0 unspecified atom stereocenters. The van der Waals surface area contributed by atoms with Crippen LogP contribution in [0.2, 0.25) is 0 Å². The third kappa shape index (κ3) is 3.12. The number of carbonyl (C=O) groups is 1. The van der Waals surface area contributed by atoms with Crippen LogP contribution in [0.3, 0.4) is 0 Å². The zero-order chi connectivity index (χ0) is 13.0. The lowest BCUT2D eigenvalue weighted by Gasteiger charge is -2.24. The van der Waals surface area contributed by atoms with E-state index in [9.17, 15) is 9.90 Å². The number of rotatable bonds is 7. The van der Waals surface area contributed by atoms with Gasteiger partial charge in [0.2, 0.25) is 0 Å². The molecule has 4 nitrogen and oxygen atoms in total. The zero-order valence-electron chi connectivity index (χ0n) is 10.7. The summed E-state index contributed by atoms with van der Waals surface area (Å²) < 4.78 is 6.00. The summed E-state index contributed by atoms with van der Waals surface area (Å²) in [5, 5.41) is 17.8. The average molecular weight is 254 g/mol. The summed E-state index contributed by atoms with van der Waals surface area (Å²) >= 11 is 0. The molecule has 2 aliphatic heterocycles. The number of carboxylic acids is 1. The Bertz CT molecular complexity index is 326. The van der Waals surface area contributed by atoms with Crippen molar-refractivity contribution < 1.29 is 19.7 Å². The number of unbranched alkanes of at least 4 members (excludes halogenated alkanes) is 1. The van der Waals surface area contributed by atoms with Crippen LogP contribution in [-0.4, -0.2) is 34.5 Å². The van der Waals surface area contributed by atoms with Crippen molar-refractivity contribution in [2.24, 2.45) is 5.92 Å². The molecular weight excluding hydrogens is 232 g/mol. The Morgan fingerprint density at radius 2 is 2.28 bits per heavy atom. The molecule has 18 heavy (non-hydrogen) atoms. The highest BCUT2D eigenvalue weighted by atomic mass is 16.5. The minimum Gasteiger partial charge on any atom is -0.481 e. The number of ether oxygens (including phenoxy) is 1. The molecule has 0 saturated carbocycles. The van der Waals surface area contributed by atoms with Gasteiger partial charge in [-0.05, 0) is 38.5 Å². The molecule has 0 aromatic rings. The molecule has 2 N–H and O–H groups in total. The molecule has 0 aromatic carbocycles. The molecule has 2 bridgehead atoms. The molecular formula is C14H22O4. The van der Waals surface area contributed by atoms with Crippen LogP contribution in [0.5, 0.6) is 0 Å². The van der Waals surface area contributed by atoms with E-state index in [1.54, 1.807) is 0 Å². The molecule has 2 aliphatic rings. The lowest BCUT2D eigenvalue weighted by atomic mass is 9.80. The summed E-state index contributed by atoms with van der Waals surface area (Å²) in [7, 11) is 0. The molecule has 2 rings (SSSR count). The number of aliphatic carboxylic acids is 1. The number of aliphatic hydroxyl groups excluding tert-OH is 1. The maximum Gasteiger partial charge on any atom is 0.303 e. The van der Waals surface area contributed by atoms with Crippen LogP contribution < -0.4 is 0 Å². The standard InChI is InChI=1S/C14H22O4/c15-10-11-9-14(8-6-12(11)18-14)7-4-2-1-3-5-13(16)17/h2,4,11-12,15H,1,3,5-10H2,(H,16,17)/b4-2-/t11-,12+,14-/m1/s1. The fourth-order valence-corrected chi connectivity index (χ4v) is 3.14. The Labute approximate surface area is 108 Å². The van der Waals surface area contributed by atoms with E-state index >= 15 is 0 Å². The molecule has 4 heteroatoms. The quantitative estimate of drug-likeness (QED) is 0.539. The van der Waals surface area contributed by atoms with E-state index in [1.165, 1.54) is 0 Å². The first-order valence-corrected chi connectivity index (χ1v) is 6.81. The lowest BCUT2D eigenvalue weighted by molar-refractivity contribution is -0.137. The van der Waals surface area contributed by atoms with Gasteiger partial charge in [-0.15, -0.1) is 0 Å². The van der Waals surface area contributed by atoms with Gasteiger partial charge in [0.25, 0.3) is 0 Å². The van der Waals surface area contributed by atoms with E-state index in [0.29, 0.717) is 12.3 Å². The molecule has 0 amide bonds. The fraction of sp³-hybridized carbons (Fsp3) is 0.786. The highest BCUT2D eigenvalue weighted by Crippen LogP contribution is 2.48. The van der Waals surface area contributed by atoms with Crippen LogP contribution in [0.4, 0.5) is 0 Å². The maximum absolute atomic E-state index is 10.3. The first-order chi connectivity index (χ1) is 8.65. The van der Waals surface area contributed by atoms with Crippen LogP contribution in [-0.2, 0) is 9.53 Å². The molecule has 3 atom stereocenters. The van der Waals surface area contributed by atoms with E-state index in [2.05, 4.69) is 12.2 Å². The third-order valence-corrected chi connectivity index (χ3v) is 4.10. The van der Waals surface area contributed by atoms with Crippen LogP contribution >= 0.6 is 0 Å². The van der Waals surface area contributed by atoms with Crippen LogP contribution in [0.15, 0.2) is 12.2 Å². The summed E-state index contributed by atoms with van der Waals surface area (Å²) in [5.41, 5.74) is -0.0403. The van der Waals surface area contributed by atoms with E-state index in [4.69, 9.17) is 9.84 Å². The average Bonchev–Trinajstić information content (AvgIpc) is 2.91. The number of aliphatic hydroxyl groups is 1. The van der Waals surface area contributed by atoms with E-state index in [0.717, 1.165) is 32.1 Å². The molecule has 0 spiro atoms. The number of hydrogen-bond donors (Lipinski definition) is 2. The van der Waals surface area contributed by atoms with Crippen LogP contribution in [0, 0.1) is 5.92 Å². The maximum atomic E-state index is 10.3. The monoisotopic (exact) mass is 254 g/mol. The van der Waals surface area contributed by atoms with E-state index in [-0.39, 0.29) is 24.7 Å². The highest BCUT2D eigenvalue weighted by molar-refractivity contribution is 5.66. The van der Waals surface area contributed by atoms with Crippen molar-refractivity contribution in [3.8, 4) is 0 Å². The Kier molecular flexibility index (Phi) is 4.40. The van der Waals surface area contributed by atoms with Gasteiger partial charge in [-0.3, -0.25) is 4.79 Å². The Morgan fingerprint density at radius 3 is 2.94 bits per heavy atom. The summed E-state index contributed by atoms with van der Waals surface area (Å²) in [5.74, 6) is -0.412. The number of carboxylic acid groups (broad SMARTS) is 1. The highest BCUT2D eigenvalue weighted by Gasteiger charge is 2.50. The van der Waals surface area contributed by atoms with Crippen molar-refractivity contribution >= 4 is 5.97 Å². The topological polar surface area (TPSA) is 66.8 Å². The van der Waals surface area contributed by atoms with Crippen molar-refractivity contribution in [3.63, 3.8) is 0 Å². The predicted octanol–water partition coefficient (Wildman–Crippen LogP) is 2.12.